The number of amides is 1. The highest BCUT2D eigenvalue weighted by Gasteiger charge is 2.24. The minimum absolute atomic E-state index is 0. The van der Waals surface area contributed by atoms with E-state index in [1.807, 2.05) is 4.90 Å². The molecule has 1 unspecified atom stereocenters. The summed E-state index contributed by atoms with van der Waals surface area (Å²) in [6.07, 6.45) is 3.62. The number of rotatable bonds is 2. The van der Waals surface area contributed by atoms with Crippen LogP contribution in [0.4, 0.5) is 0 Å². The number of pyridine rings is 1. The molecule has 7 heteroatoms. The number of hydrogen-bond donors (Lipinski definition) is 1. The quantitative estimate of drug-likeness (QED) is 0.908. The Balaban J connectivity index is 0.00000162. The Morgan fingerprint density at radius 1 is 1.47 bits per heavy atom. The van der Waals surface area contributed by atoms with Crippen LogP contribution in [0.15, 0.2) is 18.3 Å². The molecule has 2 N–H and O–H groups in total. The molecule has 1 aromatic heterocycles. The average molecular weight is 327 g/mol. The van der Waals surface area contributed by atoms with Gasteiger partial charge in [0.15, 0.2) is 0 Å². The van der Waals surface area contributed by atoms with Crippen LogP contribution in [0.1, 0.15) is 23.3 Å². The molecule has 0 radical (unpaired) electrons. The van der Waals surface area contributed by atoms with Crippen molar-refractivity contribution in [2.45, 2.75) is 12.8 Å². The maximum absolute atomic E-state index is 12.2. The monoisotopic (exact) mass is 325 g/mol. The molecule has 2 rings (SSSR count). The van der Waals surface area contributed by atoms with E-state index >= 15 is 0 Å². The summed E-state index contributed by atoms with van der Waals surface area (Å²) in [5, 5.41) is 0.542. The summed E-state index contributed by atoms with van der Waals surface area (Å²) in [5.74, 6) is 0.389. The van der Waals surface area contributed by atoms with Crippen LogP contribution in [0.3, 0.4) is 0 Å². The molecular weight excluding hydrogens is 309 g/mol. The van der Waals surface area contributed by atoms with Gasteiger partial charge < -0.3 is 10.6 Å². The molecule has 1 atom stereocenters. The third kappa shape index (κ3) is 4.80. The second-order valence-electron chi connectivity index (χ2n) is 4.36. The Hall–Kier alpha value is -0.550. The van der Waals surface area contributed by atoms with Crippen molar-refractivity contribution in [2.75, 3.05) is 19.6 Å². The lowest BCUT2D eigenvalue weighted by Crippen LogP contribution is -2.42. The van der Waals surface area contributed by atoms with Crippen molar-refractivity contribution < 1.29 is 4.79 Å². The highest BCUT2D eigenvalue weighted by Crippen LogP contribution is 2.17. The summed E-state index contributed by atoms with van der Waals surface area (Å²) in [6.45, 7) is 2.16. The normalized spacial score (nSPS) is 18.2. The minimum atomic E-state index is -0.0279. The molecule has 4 nitrogen and oxygen atoms in total. The smallest absolute Gasteiger partial charge is 0.272 e. The molecule has 0 saturated carbocycles. The Labute approximate surface area is 130 Å². The fraction of sp³-hybridized carbons (Fsp3) is 0.500. The van der Waals surface area contributed by atoms with Crippen molar-refractivity contribution in [1.29, 1.82) is 0 Å². The van der Waals surface area contributed by atoms with Gasteiger partial charge in [-0.25, -0.2) is 4.98 Å². The van der Waals surface area contributed by atoms with E-state index in [4.69, 9.17) is 17.3 Å². The van der Waals surface area contributed by atoms with E-state index < -0.39 is 0 Å². The first-order chi connectivity index (χ1) is 8.20. The highest BCUT2D eigenvalue weighted by atomic mass is 35.5. The van der Waals surface area contributed by atoms with E-state index in [-0.39, 0.29) is 30.7 Å². The topological polar surface area (TPSA) is 59.2 Å². The Morgan fingerprint density at radius 3 is 2.79 bits per heavy atom. The van der Waals surface area contributed by atoms with Crippen molar-refractivity contribution in [3.63, 3.8) is 0 Å². The number of hydrogen-bond acceptors (Lipinski definition) is 3. The zero-order valence-electron chi connectivity index (χ0n) is 10.4. The molecule has 1 saturated heterocycles. The molecule has 0 aromatic carbocycles. The zero-order chi connectivity index (χ0) is 12.3. The van der Waals surface area contributed by atoms with E-state index in [9.17, 15) is 4.79 Å². The van der Waals surface area contributed by atoms with Crippen molar-refractivity contribution in [3.05, 3.63) is 29.0 Å². The number of nitrogens with zero attached hydrogens (tertiary/aromatic N) is 2. The number of carbonyl (C=O) groups excluding carboxylic acids is 1. The van der Waals surface area contributed by atoms with Gasteiger partial charge in [-0.3, -0.25) is 4.79 Å². The van der Waals surface area contributed by atoms with Gasteiger partial charge in [-0.05, 0) is 37.4 Å². The lowest BCUT2D eigenvalue weighted by molar-refractivity contribution is 0.0672. The molecule has 108 valence electrons. The molecule has 0 bridgehead atoms. The van der Waals surface area contributed by atoms with Gasteiger partial charge in [-0.1, -0.05) is 11.6 Å². The fourth-order valence-electron chi connectivity index (χ4n) is 2.11. The second-order valence-corrected chi connectivity index (χ2v) is 4.79. The van der Waals surface area contributed by atoms with E-state index in [0.717, 1.165) is 25.9 Å². The van der Waals surface area contributed by atoms with E-state index in [1.54, 1.807) is 12.1 Å². The third-order valence-electron chi connectivity index (χ3n) is 3.09. The van der Waals surface area contributed by atoms with Gasteiger partial charge in [0.05, 0.1) is 5.02 Å². The van der Waals surface area contributed by atoms with Crippen molar-refractivity contribution >= 4 is 42.3 Å². The Bertz CT molecular complexity index is 400. The summed E-state index contributed by atoms with van der Waals surface area (Å²) < 4.78 is 0. The SMILES string of the molecule is Cl.Cl.NCC1CCCN(C(=O)c2ccc(Cl)cn2)C1. The van der Waals surface area contributed by atoms with Crippen LogP contribution in [0.25, 0.3) is 0 Å². The maximum Gasteiger partial charge on any atom is 0.272 e. The summed E-state index contributed by atoms with van der Waals surface area (Å²) in [5.41, 5.74) is 6.10. The summed E-state index contributed by atoms with van der Waals surface area (Å²) in [7, 11) is 0. The molecule has 0 aliphatic carbocycles. The number of aromatic nitrogens is 1. The first-order valence-corrected chi connectivity index (χ1v) is 6.19. The van der Waals surface area contributed by atoms with Crippen LogP contribution < -0.4 is 5.73 Å². The number of piperidine rings is 1. The fourth-order valence-corrected chi connectivity index (χ4v) is 2.22. The lowest BCUT2D eigenvalue weighted by atomic mass is 9.98. The molecule has 19 heavy (non-hydrogen) atoms. The first kappa shape index (κ1) is 18.4. The Kier molecular flexibility index (Phi) is 8.34. The van der Waals surface area contributed by atoms with Crippen molar-refractivity contribution in [2.24, 2.45) is 11.7 Å². The minimum Gasteiger partial charge on any atom is -0.337 e. The van der Waals surface area contributed by atoms with Gasteiger partial charge in [-0.15, -0.1) is 24.8 Å². The standard InChI is InChI=1S/C12H16ClN3O.2ClH/c13-10-3-4-11(15-7-10)12(17)16-5-1-2-9(6-14)8-16;;/h3-4,7,9H,1-2,5-6,8,14H2;2*1H. The van der Waals surface area contributed by atoms with Gasteiger partial charge in [-0.2, -0.15) is 0 Å². The van der Waals surface area contributed by atoms with Crippen LogP contribution in [0, 0.1) is 5.92 Å². The lowest BCUT2D eigenvalue weighted by Gasteiger charge is -2.31. The van der Waals surface area contributed by atoms with Crippen LogP contribution >= 0.6 is 36.4 Å². The highest BCUT2D eigenvalue weighted by molar-refractivity contribution is 6.30. The van der Waals surface area contributed by atoms with Crippen LogP contribution in [-0.4, -0.2) is 35.4 Å². The van der Waals surface area contributed by atoms with E-state index in [0.29, 0.717) is 23.2 Å². The summed E-state index contributed by atoms with van der Waals surface area (Å²) in [6, 6.07) is 3.35. The second kappa shape index (κ2) is 8.59. The molecule has 1 fully saturated rings. The molecule has 1 amide bonds. The molecule has 1 aliphatic rings. The Morgan fingerprint density at radius 2 is 2.21 bits per heavy atom. The zero-order valence-corrected chi connectivity index (χ0v) is 12.8. The number of halogens is 3. The predicted molar refractivity (Wildman–Crippen MR) is 81.4 cm³/mol. The van der Waals surface area contributed by atoms with Gasteiger partial charge in [0.25, 0.3) is 5.91 Å². The van der Waals surface area contributed by atoms with Crippen LogP contribution in [0.2, 0.25) is 5.02 Å². The maximum atomic E-state index is 12.2. The number of likely N-dealkylation sites (tertiary alicyclic amines) is 1. The first-order valence-electron chi connectivity index (χ1n) is 5.81. The van der Waals surface area contributed by atoms with Crippen LogP contribution in [-0.2, 0) is 0 Å². The molecular formula is C12H18Cl3N3O. The van der Waals surface area contributed by atoms with E-state index in [1.165, 1.54) is 6.20 Å². The molecule has 1 aromatic rings. The molecule has 2 heterocycles. The van der Waals surface area contributed by atoms with Crippen molar-refractivity contribution in [1.82, 2.24) is 9.88 Å². The van der Waals surface area contributed by atoms with Crippen molar-refractivity contribution in [3.8, 4) is 0 Å². The predicted octanol–water partition coefficient (Wildman–Crippen LogP) is 2.39. The molecule has 1 aliphatic heterocycles. The van der Waals surface area contributed by atoms with E-state index in [2.05, 4.69) is 4.98 Å². The summed E-state index contributed by atoms with van der Waals surface area (Å²) >= 11 is 5.74. The summed E-state index contributed by atoms with van der Waals surface area (Å²) in [4.78, 5) is 18.0. The van der Waals surface area contributed by atoms with Gasteiger partial charge >= 0.3 is 0 Å². The third-order valence-corrected chi connectivity index (χ3v) is 3.31. The van der Waals surface area contributed by atoms with Gasteiger partial charge in [0, 0.05) is 19.3 Å². The number of carbonyl (C=O) groups is 1. The van der Waals surface area contributed by atoms with Gasteiger partial charge in [0.1, 0.15) is 5.69 Å². The average Bonchev–Trinajstić information content (AvgIpc) is 2.39. The molecule has 0 spiro atoms. The largest absolute Gasteiger partial charge is 0.337 e. The number of nitrogens with two attached hydrogens (primary N) is 1. The van der Waals surface area contributed by atoms with Crippen LogP contribution in [0.5, 0.6) is 0 Å². The van der Waals surface area contributed by atoms with Gasteiger partial charge in [0.2, 0.25) is 0 Å².